The minimum Gasteiger partial charge on any atom is -0.233 e. The molecule has 0 aliphatic carbocycles. The maximum Gasteiger partial charge on any atom is 0.169 e. The number of halogens is 1. The minimum absolute atomic E-state index is 0.866. The van der Waals surface area contributed by atoms with E-state index in [4.69, 9.17) is 0 Å². The quantitative estimate of drug-likeness (QED) is 0.666. The van der Waals surface area contributed by atoms with Gasteiger partial charge in [-0.25, -0.2) is 9.50 Å². The van der Waals surface area contributed by atoms with Gasteiger partial charge in [-0.15, -0.1) is 0 Å². The zero-order chi connectivity index (χ0) is 7.84. The lowest BCUT2D eigenvalue weighted by molar-refractivity contribution is 0.929. The highest BCUT2D eigenvalue weighted by Gasteiger charge is 2.00. The van der Waals surface area contributed by atoms with Crippen molar-refractivity contribution < 1.29 is 0 Å². The van der Waals surface area contributed by atoms with Gasteiger partial charge in [-0.05, 0) is 28.9 Å². The monoisotopic (exact) mass is 211 g/mol. The van der Waals surface area contributed by atoms with E-state index in [1.165, 1.54) is 0 Å². The van der Waals surface area contributed by atoms with Crippen LogP contribution in [0.5, 0.6) is 0 Å². The lowest BCUT2D eigenvalue weighted by Gasteiger charge is -1.93. The first kappa shape index (κ1) is 6.79. The minimum atomic E-state index is 0.866. The van der Waals surface area contributed by atoms with E-state index in [2.05, 4.69) is 26.0 Å². The fraction of sp³-hybridized carbons (Fsp3) is 0.143. The first-order valence-electron chi connectivity index (χ1n) is 3.24. The Morgan fingerprint density at radius 1 is 1.55 bits per heavy atom. The van der Waals surface area contributed by atoms with Crippen LogP contribution in [-0.2, 0) is 0 Å². The van der Waals surface area contributed by atoms with Gasteiger partial charge in [0.2, 0.25) is 0 Å². The van der Waals surface area contributed by atoms with Gasteiger partial charge >= 0.3 is 0 Å². The van der Waals surface area contributed by atoms with Gasteiger partial charge in [-0.3, -0.25) is 0 Å². The molecule has 0 fully saturated rings. The normalized spacial score (nSPS) is 10.7. The number of aryl methyl sites for hydroxylation is 1. The molecule has 0 amide bonds. The van der Waals surface area contributed by atoms with E-state index in [1.807, 2.05) is 19.2 Å². The average Bonchev–Trinajstić information content (AvgIpc) is 2.33. The lowest BCUT2D eigenvalue weighted by atomic mass is 10.4. The summed E-state index contributed by atoms with van der Waals surface area (Å²) in [7, 11) is 0. The van der Waals surface area contributed by atoms with E-state index in [9.17, 15) is 0 Å². The van der Waals surface area contributed by atoms with Crippen molar-refractivity contribution in [1.29, 1.82) is 0 Å². The van der Waals surface area contributed by atoms with Crippen molar-refractivity contribution in [2.45, 2.75) is 6.92 Å². The zero-order valence-corrected chi connectivity index (χ0v) is 7.54. The summed E-state index contributed by atoms with van der Waals surface area (Å²) in [6.45, 7) is 1.96. The zero-order valence-electron chi connectivity index (χ0n) is 5.95. The second-order valence-electron chi connectivity index (χ2n) is 2.33. The maximum atomic E-state index is 4.29. The molecule has 2 rings (SSSR count). The van der Waals surface area contributed by atoms with Crippen LogP contribution in [0.15, 0.2) is 22.9 Å². The molecular weight excluding hydrogens is 206 g/mol. The summed E-state index contributed by atoms with van der Waals surface area (Å²) in [4.78, 5) is 4.29. The Balaban J connectivity index is 2.87. The molecule has 0 saturated heterocycles. The van der Waals surface area contributed by atoms with Gasteiger partial charge in [-0.2, -0.15) is 5.10 Å². The highest BCUT2D eigenvalue weighted by atomic mass is 79.9. The van der Waals surface area contributed by atoms with Crippen LogP contribution >= 0.6 is 15.9 Å². The van der Waals surface area contributed by atoms with Gasteiger partial charge in [0, 0.05) is 11.9 Å². The molecule has 0 radical (unpaired) electrons. The van der Waals surface area contributed by atoms with Gasteiger partial charge in [0.05, 0.1) is 10.7 Å². The topological polar surface area (TPSA) is 30.2 Å². The summed E-state index contributed by atoms with van der Waals surface area (Å²) in [6.07, 6.45) is 3.63. The molecule has 2 heterocycles. The Morgan fingerprint density at radius 2 is 2.36 bits per heavy atom. The summed E-state index contributed by atoms with van der Waals surface area (Å²) in [5.74, 6) is 0. The third-order valence-corrected chi connectivity index (χ3v) is 2.02. The van der Waals surface area contributed by atoms with Crippen molar-refractivity contribution >= 4 is 21.6 Å². The molecule has 0 N–H and O–H groups in total. The molecule has 0 bridgehead atoms. The van der Waals surface area contributed by atoms with Crippen molar-refractivity contribution in [2.24, 2.45) is 0 Å². The number of fused-ring (bicyclic) bond motifs is 1. The fourth-order valence-corrected chi connectivity index (χ4v) is 1.29. The molecule has 0 unspecified atom stereocenters. The number of nitrogens with zero attached hydrogens (tertiary/aromatic N) is 3. The van der Waals surface area contributed by atoms with E-state index in [1.54, 1.807) is 10.7 Å². The molecule has 0 aromatic carbocycles. The Morgan fingerprint density at radius 3 is 3.18 bits per heavy atom. The highest BCUT2D eigenvalue weighted by Crippen LogP contribution is 2.14. The van der Waals surface area contributed by atoms with E-state index in [0.29, 0.717) is 0 Å². The third-order valence-electron chi connectivity index (χ3n) is 1.47. The largest absolute Gasteiger partial charge is 0.233 e. The summed E-state index contributed by atoms with van der Waals surface area (Å²) < 4.78 is 2.66. The van der Waals surface area contributed by atoms with E-state index in [-0.39, 0.29) is 0 Å². The second-order valence-corrected chi connectivity index (χ2v) is 3.18. The standard InChI is InChI=1S/C7H6BrN3/c1-5-2-3-11-7(10-5)6(8)4-9-11/h2-4H,1H3. The molecule has 0 atom stereocenters. The SMILES string of the molecule is Cc1ccn2ncc(Br)c2n1. The van der Waals surface area contributed by atoms with Crippen LogP contribution in [0.2, 0.25) is 0 Å². The molecule has 0 spiro atoms. The van der Waals surface area contributed by atoms with Gasteiger partial charge in [0.1, 0.15) is 0 Å². The molecular formula is C7H6BrN3. The van der Waals surface area contributed by atoms with Crippen LogP contribution in [0.4, 0.5) is 0 Å². The first-order valence-corrected chi connectivity index (χ1v) is 4.03. The number of aromatic nitrogens is 3. The number of hydrogen-bond acceptors (Lipinski definition) is 2. The summed E-state index contributed by atoms with van der Waals surface area (Å²) in [5.41, 5.74) is 1.86. The van der Waals surface area contributed by atoms with E-state index < -0.39 is 0 Å². The molecule has 0 aliphatic rings. The Labute approximate surface area is 72.2 Å². The van der Waals surface area contributed by atoms with Crippen molar-refractivity contribution in [2.75, 3.05) is 0 Å². The van der Waals surface area contributed by atoms with Crippen molar-refractivity contribution in [3.05, 3.63) is 28.6 Å². The fourth-order valence-electron chi connectivity index (χ4n) is 0.931. The van der Waals surface area contributed by atoms with Crippen LogP contribution < -0.4 is 0 Å². The van der Waals surface area contributed by atoms with Gasteiger partial charge in [-0.1, -0.05) is 0 Å². The molecule has 56 valence electrons. The first-order chi connectivity index (χ1) is 5.27. The van der Waals surface area contributed by atoms with Crippen molar-refractivity contribution in [3.63, 3.8) is 0 Å². The van der Waals surface area contributed by atoms with Crippen LogP contribution in [0.25, 0.3) is 5.65 Å². The average molecular weight is 212 g/mol. The van der Waals surface area contributed by atoms with Crippen molar-refractivity contribution in [1.82, 2.24) is 14.6 Å². The van der Waals surface area contributed by atoms with Gasteiger partial charge in [0.25, 0.3) is 0 Å². The molecule has 0 saturated carbocycles. The molecule has 2 aromatic heterocycles. The number of hydrogen-bond donors (Lipinski definition) is 0. The Bertz CT molecular complexity index is 393. The maximum absolute atomic E-state index is 4.29. The highest BCUT2D eigenvalue weighted by molar-refractivity contribution is 9.10. The summed E-state index contributed by atoms with van der Waals surface area (Å²) >= 11 is 3.36. The third kappa shape index (κ3) is 1.03. The molecule has 11 heavy (non-hydrogen) atoms. The lowest BCUT2D eigenvalue weighted by Crippen LogP contribution is -1.90. The van der Waals surface area contributed by atoms with E-state index in [0.717, 1.165) is 15.8 Å². The smallest absolute Gasteiger partial charge is 0.169 e. The molecule has 0 aliphatic heterocycles. The van der Waals surface area contributed by atoms with Gasteiger partial charge in [0.15, 0.2) is 5.65 Å². The summed E-state index contributed by atoms with van der Waals surface area (Å²) in [6, 6.07) is 1.92. The molecule has 4 heteroatoms. The second kappa shape index (κ2) is 2.30. The molecule has 2 aromatic rings. The van der Waals surface area contributed by atoms with Crippen LogP contribution in [0.1, 0.15) is 5.69 Å². The summed E-state index contributed by atoms with van der Waals surface area (Å²) in [5, 5.41) is 4.07. The predicted octanol–water partition coefficient (Wildman–Crippen LogP) is 1.80. The Kier molecular flexibility index (Phi) is 1.42. The predicted molar refractivity (Wildman–Crippen MR) is 45.4 cm³/mol. The molecule has 3 nitrogen and oxygen atoms in total. The van der Waals surface area contributed by atoms with Crippen LogP contribution in [0.3, 0.4) is 0 Å². The van der Waals surface area contributed by atoms with E-state index >= 15 is 0 Å². The number of rotatable bonds is 0. The Hall–Kier alpha value is -0.900. The van der Waals surface area contributed by atoms with Crippen molar-refractivity contribution in [3.8, 4) is 0 Å². The van der Waals surface area contributed by atoms with Gasteiger partial charge < -0.3 is 0 Å². The van der Waals surface area contributed by atoms with Crippen LogP contribution in [-0.4, -0.2) is 14.6 Å². The van der Waals surface area contributed by atoms with Crippen LogP contribution in [0, 0.1) is 6.92 Å².